The minimum Gasteiger partial charge on any atom is -0.490 e. The Kier molecular flexibility index (Phi) is 2.23. The van der Waals surface area contributed by atoms with Crippen molar-refractivity contribution in [2.24, 2.45) is 5.73 Å². The van der Waals surface area contributed by atoms with E-state index in [1.165, 1.54) is 11.1 Å². The molecular weight excluding hydrogens is 162 g/mol. The Morgan fingerprint density at radius 3 is 3.08 bits per heavy atom. The van der Waals surface area contributed by atoms with Gasteiger partial charge in [0.1, 0.15) is 11.9 Å². The number of fused-ring (bicyclic) bond motifs is 1. The van der Waals surface area contributed by atoms with Crippen LogP contribution >= 0.6 is 0 Å². The first-order chi connectivity index (χ1) is 6.31. The molecule has 2 nitrogen and oxygen atoms in total. The second kappa shape index (κ2) is 3.38. The van der Waals surface area contributed by atoms with E-state index in [-0.39, 0.29) is 0 Å². The van der Waals surface area contributed by atoms with Crippen LogP contribution in [-0.4, -0.2) is 12.6 Å². The number of nitrogens with two attached hydrogens (primary N) is 1. The first-order valence-corrected chi connectivity index (χ1v) is 4.76. The molecule has 0 radical (unpaired) electrons. The second-order valence-corrected chi connectivity index (χ2v) is 3.57. The number of hydrogen-bond donors (Lipinski definition) is 1. The standard InChI is InChI=1S/C11H15NO/c1-8-3-2-4-11-10(8)7-9(13-11)5-6-12/h2-4,9H,5-7,12H2,1H3. The van der Waals surface area contributed by atoms with Crippen molar-refractivity contribution in [2.45, 2.75) is 25.9 Å². The zero-order valence-electron chi connectivity index (χ0n) is 7.92. The average Bonchev–Trinajstić information content (AvgIpc) is 2.49. The number of ether oxygens (including phenoxy) is 1. The molecule has 1 unspecified atom stereocenters. The van der Waals surface area contributed by atoms with Crippen molar-refractivity contribution in [3.05, 3.63) is 29.3 Å². The molecule has 1 aliphatic rings. The van der Waals surface area contributed by atoms with Crippen LogP contribution in [0.3, 0.4) is 0 Å². The lowest BCUT2D eigenvalue weighted by Crippen LogP contribution is -2.17. The third-order valence-corrected chi connectivity index (χ3v) is 2.58. The molecule has 0 saturated carbocycles. The molecule has 13 heavy (non-hydrogen) atoms. The Balaban J connectivity index is 2.20. The van der Waals surface area contributed by atoms with Crippen molar-refractivity contribution in [1.29, 1.82) is 0 Å². The third kappa shape index (κ3) is 1.54. The van der Waals surface area contributed by atoms with Gasteiger partial charge in [-0.3, -0.25) is 0 Å². The van der Waals surface area contributed by atoms with Crippen molar-refractivity contribution in [3.63, 3.8) is 0 Å². The minimum absolute atomic E-state index is 0.307. The lowest BCUT2D eigenvalue weighted by atomic mass is 10.0. The fraction of sp³-hybridized carbons (Fsp3) is 0.455. The van der Waals surface area contributed by atoms with Gasteiger partial charge in [-0.2, -0.15) is 0 Å². The molecule has 1 aromatic rings. The summed E-state index contributed by atoms with van der Waals surface area (Å²) >= 11 is 0. The van der Waals surface area contributed by atoms with Gasteiger partial charge in [0.2, 0.25) is 0 Å². The molecule has 1 aliphatic heterocycles. The zero-order chi connectivity index (χ0) is 9.26. The summed E-state index contributed by atoms with van der Waals surface area (Å²) in [5, 5.41) is 0. The molecule has 0 amide bonds. The maximum Gasteiger partial charge on any atom is 0.123 e. The van der Waals surface area contributed by atoms with Gasteiger partial charge in [0, 0.05) is 12.0 Å². The maximum absolute atomic E-state index is 5.75. The maximum atomic E-state index is 5.75. The highest BCUT2D eigenvalue weighted by Gasteiger charge is 2.22. The van der Waals surface area contributed by atoms with Crippen LogP contribution in [0.5, 0.6) is 5.75 Å². The van der Waals surface area contributed by atoms with E-state index >= 15 is 0 Å². The molecule has 2 heteroatoms. The van der Waals surface area contributed by atoms with Crippen LogP contribution in [0.1, 0.15) is 17.5 Å². The normalized spacial score (nSPS) is 19.7. The average molecular weight is 177 g/mol. The molecule has 1 heterocycles. The first-order valence-electron chi connectivity index (χ1n) is 4.76. The van der Waals surface area contributed by atoms with Gasteiger partial charge in [0.15, 0.2) is 0 Å². The Hall–Kier alpha value is -1.02. The van der Waals surface area contributed by atoms with Gasteiger partial charge in [0.25, 0.3) is 0 Å². The monoisotopic (exact) mass is 177 g/mol. The molecule has 0 bridgehead atoms. The predicted octanol–water partition coefficient (Wildman–Crippen LogP) is 1.65. The number of rotatable bonds is 2. The van der Waals surface area contributed by atoms with E-state index < -0.39 is 0 Å². The summed E-state index contributed by atoms with van der Waals surface area (Å²) in [6.45, 7) is 2.84. The van der Waals surface area contributed by atoms with E-state index in [0.29, 0.717) is 12.6 Å². The molecule has 0 fully saturated rings. The van der Waals surface area contributed by atoms with Gasteiger partial charge in [-0.1, -0.05) is 12.1 Å². The van der Waals surface area contributed by atoms with Gasteiger partial charge >= 0.3 is 0 Å². The highest BCUT2D eigenvalue weighted by atomic mass is 16.5. The summed E-state index contributed by atoms with van der Waals surface area (Å²) in [6, 6.07) is 6.21. The molecule has 0 spiro atoms. The number of aryl methyl sites for hydroxylation is 1. The van der Waals surface area contributed by atoms with E-state index in [1.807, 2.05) is 12.1 Å². The van der Waals surface area contributed by atoms with E-state index in [9.17, 15) is 0 Å². The summed E-state index contributed by atoms with van der Waals surface area (Å²) in [5.41, 5.74) is 8.19. The molecule has 1 atom stereocenters. The fourth-order valence-corrected chi connectivity index (χ4v) is 1.84. The van der Waals surface area contributed by atoms with Crippen LogP contribution in [0.4, 0.5) is 0 Å². The van der Waals surface area contributed by atoms with E-state index in [0.717, 1.165) is 18.6 Å². The summed E-state index contributed by atoms with van der Waals surface area (Å²) in [5.74, 6) is 1.05. The summed E-state index contributed by atoms with van der Waals surface area (Å²) in [6.07, 6.45) is 2.29. The third-order valence-electron chi connectivity index (χ3n) is 2.58. The lowest BCUT2D eigenvalue weighted by Gasteiger charge is -2.07. The first kappa shape index (κ1) is 8.57. The van der Waals surface area contributed by atoms with E-state index in [4.69, 9.17) is 10.5 Å². The largest absolute Gasteiger partial charge is 0.490 e. The summed E-state index contributed by atoms with van der Waals surface area (Å²) in [7, 11) is 0. The molecule has 2 rings (SSSR count). The van der Waals surface area contributed by atoms with Gasteiger partial charge in [-0.25, -0.2) is 0 Å². The van der Waals surface area contributed by atoms with E-state index in [1.54, 1.807) is 0 Å². The SMILES string of the molecule is Cc1cccc2c1CC(CCN)O2. The zero-order valence-corrected chi connectivity index (χ0v) is 7.92. The molecule has 0 saturated heterocycles. The second-order valence-electron chi connectivity index (χ2n) is 3.57. The van der Waals surface area contributed by atoms with Crippen LogP contribution in [-0.2, 0) is 6.42 Å². The summed E-state index contributed by atoms with van der Waals surface area (Å²) in [4.78, 5) is 0. The quantitative estimate of drug-likeness (QED) is 0.745. The molecule has 0 aromatic heterocycles. The highest BCUT2D eigenvalue weighted by Crippen LogP contribution is 2.31. The van der Waals surface area contributed by atoms with Crippen LogP contribution in [0.25, 0.3) is 0 Å². The van der Waals surface area contributed by atoms with Gasteiger partial charge < -0.3 is 10.5 Å². The van der Waals surface area contributed by atoms with Gasteiger partial charge in [-0.05, 0) is 31.5 Å². The number of benzene rings is 1. The van der Waals surface area contributed by atoms with Crippen molar-refractivity contribution >= 4 is 0 Å². The molecule has 1 aromatic carbocycles. The fourth-order valence-electron chi connectivity index (χ4n) is 1.84. The van der Waals surface area contributed by atoms with Crippen molar-refractivity contribution in [1.82, 2.24) is 0 Å². The molecular formula is C11H15NO. The Labute approximate surface area is 78.7 Å². The highest BCUT2D eigenvalue weighted by molar-refractivity contribution is 5.42. The van der Waals surface area contributed by atoms with E-state index in [2.05, 4.69) is 13.0 Å². The minimum atomic E-state index is 0.307. The molecule has 2 N–H and O–H groups in total. The van der Waals surface area contributed by atoms with Gasteiger partial charge in [-0.15, -0.1) is 0 Å². The predicted molar refractivity (Wildman–Crippen MR) is 53.0 cm³/mol. The van der Waals surface area contributed by atoms with Crippen molar-refractivity contribution < 1.29 is 4.74 Å². The Bertz CT molecular complexity index is 309. The van der Waals surface area contributed by atoms with Crippen LogP contribution in [0.2, 0.25) is 0 Å². The smallest absolute Gasteiger partial charge is 0.123 e. The Morgan fingerprint density at radius 1 is 1.54 bits per heavy atom. The number of hydrogen-bond acceptors (Lipinski definition) is 2. The van der Waals surface area contributed by atoms with Crippen molar-refractivity contribution in [3.8, 4) is 5.75 Å². The van der Waals surface area contributed by atoms with Crippen LogP contribution in [0.15, 0.2) is 18.2 Å². The van der Waals surface area contributed by atoms with Gasteiger partial charge in [0.05, 0.1) is 0 Å². The molecule has 70 valence electrons. The topological polar surface area (TPSA) is 35.2 Å². The Morgan fingerprint density at radius 2 is 2.38 bits per heavy atom. The van der Waals surface area contributed by atoms with Crippen LogP contribution < -0.4 is 10.5 Å². The molecule has 0 aliphatic carbocycles. The van der Waals surface area contributed by atoms with Crippen molar-refractivity contribution in [2.75, 3.05) is 6.54 Å². The van der Waals surface area contributed by atoms with Crippen LogP contribution in [0, 0.1) is 6.92 Å². The summed E-state index contributed by atoms with van der Waals surface area (Å²) < 4.78 is 5.75. The lowest BCUT2D eigenvalue weighted by molar-refractivity contribution is 0.224.